The van der Waals surface area contributed by atoms with Gasteiger partial charge < -0.3 is 9.80 Å². The summed E-state index contributed by atoms with van der Waals surface area (Å²) in [5.74, 6) is -0.653. The molecule has 0 aliphatic carbocycles. The van der Waals surface area contributed by atoms with Crippen molar-refractivity contribution in [2.75, 3.05) is 31.1 Å². The normalized spacial score (nSPS) is 13.9. The van der Waals surface area contributed by atoms with E-state index in [-0.39, 0.29) is 11.7 Å². The second-order valence-electron chi connectivity index (χ2n) is 8.05. The molecule has 1 saturated heterocycles. The standard InChI is InChI=1S/C26H24BrFN2O2/c1-17-7-8-19(15-18(17)2)25(31)20-9-10-24(23(28)16-20)29-11-13-30(14-12-29)26(32)21-5-3-4-6-22(21)27/h3-10,15-16H,11-14H2,1-2H3. The lowest BCUT2D eigenvalue weighted by Crippen LogP contribution is -2.49. The smallest absolute Gasteiger partial charge is 0.255 e. The zero-order chi connectivity index (χ0) is 22.8. The van der Waals surface area contributed by atoms with Crippen molar-refractivity contribution < 1.29 is 14.0 Å². The molecule has 0 bridgehead atoms. The fourth-order valence-corrected chi connectivity index (χ4v) is 4.36. The number of ketones is 1. The van der Waals surface area contributed by atoms with Crippen molar-refractivity contribution in [1.29, 1.82) is 0 Å². The Morgan fingerprint density at radius 1 is 0.844 bits per heavy atom. The molecule has 32 heavy (non-hydrogen) atoms. The zero-order valence-corrected chi connectivity index (χ0v) is 19.7. The van der Waals surface area contributed by atoms with E-state index in [2.05, 4.69) is 15.9 Å². The van der Waals surface area contributed by atoms with Crippen LogP contribution in [0.3, 0.4) is 0 Å². The van der Waals surface area contributed by atoms with Gasteiger partial charge in [-0.15, -0.1) is 0 Å². The first-order chi connectivity index (χ1) is 15.3. The lowest BCUT2D eigenvalue weighted by molar-refractivity contribution is 0.0745. The second-order valence-corrected chi connectivity index (χ2v) is 8.91. The maximum Gasteiger partial charge on any atom is 0.255 e. The van der Waals surface area contributed by atoms with E-state index in [9.17, 15) is 14.0 Å². The van der Waals surface area contributed by atoms with E-state index in [1.54, 1.807) is 29.2 Å². The van der Waals surface area contributed by atoms with Gasteiger partial charge in [0.15, 0.2) is 5.78 Å². The van der Waals surface area contributed by atoms with Gasteiger partial charge in [-0.2, -0.15) is 0 Å². The van der Waals surface area contributed by atoms with Crippen LogP contribution in [0.5, 0.6) is 0 Å². The van der Waals surface area contributed by atoms with Crippen LogP contribution in [-0.4, -0.2) is 42.8 Å². The van der Waals surface area contributed by atoms with Crippen LogP contribution >= 0.6 is 15.9 Å². The van der Waals surface area contributed by atoms with Crippen LogP contribution in [0, 0.1) is 19.7 Å². The van der Waals surface area contributed by atoms with E-state index >= 15 is 0 Å². The Morgan fingerprint density at radius 2 is 1.50 bits per heavy atom. The average Bonchev–Trinajstić information content (AvgIpc) is 2.80. The fraction of sp³-hybridized carbons (Fsp3) is 0.231. The summed E-state index contributed by atoms with van der Waals surface area (Å²) in [4.78, 5) is 29.3. The number of halogens is 2. The van der Waals surface area contributed by atoms with Crippen molar-refractivity contribution in [3.8, 4) is 0 Å². The molecule has 0 saturated carbocycles. The topological polar surface area (TPSA) is 40.6 Å². The fourth-order valence-electron chi connectivity index (χ4n) is 3.91. The number of carbonyl (C=O) groups is 2. The van der Waals surface area contributed by atoms with Gasteiger partial charge in [-0.3, -0.25) is 9.59 Å². The van der Waals surface area contributed by atoms with Gasteiger partial charge in [0, 0.05) is 41.8 Å². The van der Waals surface area contributed by atoms with Gasteiger partial charge >= 0.3 is 0 Å². The van der Waals surface area contributed by atoms with Crippen molar-refractivity contribution in [2.24, 2.45) is 0 Å². The Morgan fingerprint density at radius 3 is 2.16 bits per heavy atom. The number of hydrogen-bond acceptors (Lipinski definition) is 3. The molecule has 0 N–H and O–H groups in total. The van der Waals surface area contributed by atoms with E-state index in [1.807, 2.05) is 49.1 Å². The number of anilines is 1. The van der Waals surface area contributed by atoms with Crippen molar-refractivity contribution in [3.05, 3.63) is 98.8 Å². The molecule has 6 heteroatoms. The van der Waals surface area contributed by atoms with Gasteiger partial charge in [0.25, 0.3) is 5.91 Å². The molecule has 1 heterocycles. The number of piperazine rings is 1. The number of carbonyl (C=O) groups excluding carboxylic acids is 2. The molecule has 1 amide bonds. The van der Waals surface area contributed by atoms with E-state index in [0.29, 0.717) is 48.6 Å². The predicted molar refractivity (Wildman–Crippen MR) is 128 cm³/mol. The van der Waals surface area contributed by atoms with E-state index in [4.69, 9.17) is 0 Å². The Kier molecular flexibility index (Phi) is 6.42. The number of aryl methyl sites for hydroxylation is 2. The molecule has 0 radical (unpaired) electrons. The molecule has 0 unspecified atom stereocenters. The third-order valence-corrected chi connectivity index (χ3v) is 6.68. The molecule has 0 atom stereocenters. The Hall–Kier alpha value is -2.99. The maximum atomic E-state index is 14.9. The van der Waals surface area contributed by atoms with Gasteiger partial charge in [0.2, 0.25) is 0 Å². The first-order valence-electron chi connectivity index (χ1n) is 10.6. The molecule has 1 fully saturated rings. The molecule has 3 aromatic carbocycles. The van der Waals surface area contributed by atoms with Crippen molar-refractivity contribution in [3.63, 3.8) is 0 Å². The molecule has 3 aromatic rings. The summed E-state index contributed by atoms with van der Waals surface area (Å²) in [6.07, 6.45) is 0. The van der Waals surface area contributed by atoms with Crippen LogP contribution in [0.15, 0.2) is 65.1 Å². The van der Waals surface area contributed by atoms with Crippen molar-refractivity contribution in [2.45, 2.75) is 13.8 Å². The van der Waals surface area contributed by atoms with E-state index in [1.165, 1.54) is 6.07 Å². The van der Waals surface area contributed by atoms with Crippen LogP contribution in [0.4, 0.5) is 10.1 Å². The highest BCUT2D eigenvalue weighted by molar-refractivity contribution is 9.10. The molecule has 1 aliphatic heterocycles. The van der Waals surface area contributed by atoms with E-state index < -0.39 is 5.82 Å². The van der Waals surface area contributed by atoms with Crippen molar-refractivity contribution in [1.82, 2.24) is 4.90 Å². The summed E-state index contributed by atoms with van der Waals surface area (Å²) in [6, 6.07) is 17.5. The summed E-state index contributed by atoms with van der Waals surface area (Å²) in [7, 11) is 0. The second kappa shape index (κ2) is 9.25. The number of nitrogens with zero attached hydrogens (tertiary/aromatic N) is 2. The first-order valence-corrected chi connectivity index (χ1v) is 11.3. The SMILES string of the molecule is Cc1ccc(C(=O)c2ccc(N3CCN(C(=O)c4ccccc4Br)CC3)c(F)c2)cc1C. The van der Waals surface area contributed by atoms with Crippen LogP contribution in [-0.2, 0) is 0 Å². The summed E-state index contributed by atoms with van der Waals surface area (Å²) in [6.45, 7) is 6.00. The van der Waals surface area contributed by atoms with Gasteiger partial charge in [0.05, 0.1) is 11.3 Å². The molecule has 1 aliphatic rings. The summed E-state index contributed by atoms with van der Waals surface area (Å²) in [5.41, 5.74) is 4.11. The number of benzene rings is 3. The first kappa shape index (κ1) is 22.2. The molecular weight excluding hydrogens is 471 g/mol. The number of rotatable bonds is 4. The summed E-state index contributed by atoms with van der Waals surface area (Å²) in [5, 5.41) is 0. The largest absolute Gasteiger partial charge is 0.366 e. The number of amides is 1. The minimum atomic E-state index is -0.426. The lowest BCUT2D eigenvalue weighted by Gasteiger charge is -2.36. The Balaban J connectivity index is 1.45. The molecule has 4 nitrogen and oxygen atoms in total. The van der Waals surface area contributed by atoms with Gasteiger partial charge in [-0.25, -0.2) is 4.39 Å². The summed E-state index contributed by atoms with van der Waals surface area (Å²) >= 11 is 3.43. The van der Waals surface area contributed by atoms with Crippen molar-refractivity contribution >= 4 is 33.3 Å². The highest BCUT2D eigenvalue weighted by atomic mass is 79.9. The third kappa shape index (κ3) is 4.46. The third-order valence-electron chi connectivity index (χ3n) is 5.99. The van der Waals surface area contributed by atoms with Crippen LogP contribution in [0.1, 0.15) is 37.4 Å². The Labute approximate surface area is 195 Å². The van der Waals surface area contributed by atoms with Gasteiger partial charge in [-0.1, -0.05) is 24.3 Å². The molecular formula is C26H24BrFN2O2. The molecule has 0 aromatic heterocycles. The monoisotopic (exact) mass is 494 g/mol. The van der Waals surface area contributed by atoms with Gasteiger partial charge in [-0.05, 0) is 77.3 Å². The van der Waals surface area contributed by atoms with E-state index in [0.717, 1.165) is 15.6 Å². The quantitative estimate of drug-likeness (QED) is 0.456. The molecule has 164 valence electrons. The minimum Gasteiger partial charge on any atom is -0.366 e. The van der Waals surface area contributed by atoms with Crippen LogP contribution < -0.4 is 4.90 Å². The molecule has 4 rings (SSSR count). The zero-order valence-electron chi connectivity index (χ0n) is 18.1. The van der Waals surface area contributed by atoms with Crippen LogP contribution in [0.2, 0.25) is 0 Å². The number of hydrogen-bond donors (Lipinski definition) is 0. The highest BCUT2D eigenvalue weighted by Gasteiger charge is 2.25. The van der Waals surface area contributed by atoms with Crippen LogP contribution in [0.25, 0.3) is 0 Å². The summed E-state index contributed by atoms with van der Waals surface area (Å²) < 4.78 is 15.7. The highest BCUT2D eigenvalue weighted by Crippen LogP contribution is 2.25. The average molecular weight is 495 g/mol. The molecule has 0 spiro atoms. The van der Waals surface area contributed by atoms with Gasteiger partial charge in [0.1, 0.15) is 5.82 Å². The maximum absolute atomic E-state index is 14.9. The Bertz CT molecular complexity index is 1190. The lowest BCUT2D eigenvalue weighted by atomic mass is 9.99. The minimum absolute atomic E-state index is 0.0352. The predicted octanol–water partition coefficient (Wildman–Crippen LogP) is 5.40.